The molecule has 0 aromatic heterocycles. The molecule has 4 aliphatic rings. The third-order valence-corrected chi connectivity index (χ3v) is 8.47. The predicted molar refractivity (Wildman–Crippen MR) is 120 cm³/mol. The number of benzene rings is 1. The van der Waals surface area contributed by atoms with Gasteiger partial charge in [-0.3, -0.25) is 0 Å². The second kappa shape index (κ2) is 7.52. The van der Waals surface area contributed by atoms with Crippen molar-refractivity contribution in [3.05, 3.63) is 47.1 Å². The largest absolute Gasteiger partial charge is 0.507 e. The van der Waals surface area contributed by atoms with Crippen molar-refractivity contribution in [1.29, 1.82) is 0 Å². The van der Waals surface area contributed by atoms with E-state index < -0.39 is 0 Å². The number of allylic oxidation sites excluding steroid dienone is 4. The molecule has 3 atom stereocenters. The molecule has 2 saturated carbocycles. The molecule has 0 amide bonds. The maximum absolute atomic E-state index is 11.1. The summed E-state index contributed by atoms with van der Waals surface area (Å²) in [4.78, 5) is 0. The van der Waals surface area contributed by atoms with Gasteiger partial charge in [0.15, 0.2) is 0 Å². The van der Waals surface area contributed by atoms with Gasteiger partial charge < -0.3 is 10.2 Å². The average Bonchev–Trinajstić information content (AvgIpc) is 3.14. The van der Waals surface area contributed by atoms with Gasteiger partial charge in [-0.05, 0) is 67.6 Å². The van der Waals surface area contributed by atoms with Crippen molar-refractivity contribution in [2.24, 2.45) is 17.3 Å². The van der Waals surface area contributed by atoms with Crippen molar-refractivity contribution in [3.63, 3.8) is 0 Å². The third-order valence-electron chi connectivity index (χ3n) is 8.47. The number of hydrogen-bond donors (Lipinski definition) is 2. The molecule has 0 saturated heterocycles. The van der Waals surface area contributed by atoms with Crippen LogP contribution in [-0.2, 0) is 5.41 Å². The Morgan fingerprint density at radius 2 is 1.76 bits per heavy atom. The van der Waals surface area contributed by atoms with Crippen LogP contribution in [0.1, 0.15) is 96.1 Å². The second-order valence-electron chi connectivity index (χ2n) is 10.5. The molecule has 1 aromatic rings. The number of fused-ring (bicyclic) bond motifs is 1. The first kappa shape index (κ1) is 20.6. The summed E-state index contributed by atoms with van der Waals surface area (Å²) in [7, 11) is 0. The lowest BCUT2D eigenvalue weighted by atomic mass is 9.45. The Morgan fingerprint density at radius 3 is 2.31 bits per heavy atom. The van der Waals surface area contributed by atoms with Crippen LogP contribution in [0.4, 0.5) is 0 Å². The Labute approximate surface area is 176 Å². The SMILES string of the molecule is CCCCC=CC1(c2cc(O)c([C@@H]3C=C(C)[C@@H]4CC3C4(C)C)c(O)c2)CCCC1. The quantitative estimate of drug-likeness (QED) is 0.391. The van der Waals surface area contributed by atoms with Crippen LogP contribution < -0.4 is 0 Å². The zero-order valence-corrected chi connectivity index (χ0v) is 18.7. The van der Waals surface area contributed by atoms with Gasteiger partial charge in [0.25, 0.3) is 0 Å². The summed E-state index contributed by atoms with van der Waals surface area (Å²) in [5, 5.41) is 22.2. The minimum Gasteiger partial charge on any atom is -0.507 e. The van der Waals surface area contributed by atoms with Gasteiger partial charge in [-0.25, -0.2) is 0 Å². The Bertz CT molecular complexity index is 800. The Hall–Kier alpha value is -1.70. The first-order valence-electron chi connectivity index (χ1n) is 11.7. The molecule has 2 bridgehead atoms. The molecule has 0 spiro atoms. The molecule has 0 radical (unpaired) electrons. The van der Waals surface area contributed by atoms with Gasteiger partial charge in [0.05, 0.1) is 0 Å². The summed E-state index contributed by atoms with van der Waals surface area (Å²) in [5.74, 6) is 1.83. The number of hydrogen-bond acceptors (Lipinski definition) is 2. The normalized spacial score (nSPS) is 29.7. The topological polar surface area (TPSA) is 40.5 Å². The maximum atomic E-state index is 11.1. The highest BCUT2D eigenvalue weighted by molar-refractivity contribution is 5.54. The van der Waals surface area contributed by atoms with Gasteiger partial charge in [-0.2, -0.15) is 0 Å². The summed E-state index contributed by atoms with van der Waals surface area (Å²) in [6, 6.07) is 3.93. The van der Waals surface area contributed by atoms with Crippen LogP contribution in [0.25, 0.3) is 0 Å². The van der Waals surface area contributed by atoms with E-state index in [0.717, 1.165) is 30.4 Å². The molecule has 2 N–H and O–H groups in total. The van der Waals surface area contributed by atoms with Crippen molar-refractivity contribution in [2.75, 3.05) is 0 Å². The number of aromatic hydroxyl groups is 2. The second-order valence-corrected chi connectivity index (χ2v) is 10.5. The molecule has 29 heavy (non-hydrogen) atoms. The van der Waals surface area contributed by atoms with Gasteiger partial charge in [-0.1, -0.05) is 70.3 Å². The fourth-order valence-electron chi connectivity index (χ4n) is 6.58. The van der Waals surface area contributed by atoms with E-state index in [-0.39, 0.29) is 28.2 Å². The number of unbranched alkanes of at least 4 members (excludes halogenated alkanes) is 2. The van der Waals surface area contributed by atoms with Crippen molar-refractivity contribution in [3.8, 4) is 11.5 Å². The molecular formula is C27H38O2. The van der Waals surface area contributed by atoms with Crippen molar-refractivity contribution < 1.29 is 10.2 Å². The zero-order chi connectivity index (χ0) is 20.8. The van der Waals surface area contributed by atoms with Gasteiger partial charge >= 0.3 is 0 Å². The summed E-state index contributed by atoms with van der Waals surface area (Å²) in [6.45, 7) is 9.12. The smallest absolute Gasteiger partial charge is 0.123 e. The summed E-state index contributed by atoms with van der Waals surface area (Å²) >= 11 is 0. The molecule has 1 aromatic carbocycles. The lowest BCUT2D eigenvalue weighted by molar-refractivity contribution is -0.0198. The first-order valence-corrected chi connectivity index (χ1v) is 11.7. The van der Waals surface area contributed by atoms with Crippen LogP contribution in [0.5, 0.6) is 11.5 Å². The van der Waals surface area contributed by atoms with Crippen LogP contribution in [-0.4, -0.2) is 10.2 Å². The maximum Gasteiger partial charge on any atom is 0.123 e. The third kappa shape index (κ3) is 3.33. The molecule has 1 unspecified atom stereocenters. The summed E-state index contributed by atoms with van der Waals surface area (Å²) in [5.41, 5.74) is 3.46. The molecule has 2 heteroatoms. The lowest BCUT2D eigenvalue weighted by Gasteiger charge is -2.59. The molecule has 4 aliphatic carbocycles. The zero-order valence-electron chi connectivity index (χ0n) is 18.7. The lowest BCUT2D eigenvalue weighted by Crippen LogP contribution is -2.50. The predicted octanol–water partition coefficient (Wildman–Crippen LogP) is 7.36. The fraction of sp³-hybridized carbons (Fsp3) is 0.630. The Kier molecular flexibility index (Phi) is 5.34. The number of phenols is 2. The van der Waals surface area contributed by atoms with E-state index in [2.05, 4.69) is 45.9 Å². The van der Waals surface area contributed by atoms with Crippen molar-refractivity contribution in [1.82, 2.24) is 0 Å². The summed E-state index contributed by atoms with van der Waals surface area (Å²) < 4.78 is 0. The molecular weight excluding hydrogens is 356 g/mol. The Balaban J connectivity index is 1.69. The van der Waals surface area contributed by atoms with E-state index in [1.165, 1.54) is 37.7 Å². The molecule has 2 fully saturated rings. The minimum absolute atomic E-state index is 0.0274. The van der Waals surface area contributed by atoms with Gasteiger partial charge in [0.1, 0.15) is 11.5 Å². The van der Waals surface area contributed by atoms with E-state index in [1.807, 2.05) is 12.1 Å². The van der Waals surface area contributed by atoms with Crippen LogP contribution in [0, 0.1) is 17.3 Å². The number of phenolic OH excluding ortho intramolecular Hbond substituents is 2. The average molecular weight is 395 g/mol. The van der Waals surface area contributed by atoms with E-state index in [4.69, 9.17) is 0 Å². The van der Waals surface area contributed by atoms with Crippen LogP contribution in [0.2, 0.25) is 0 Å². The highest BCUT2D eigenvalue weighted by Gasteiger charge is 2.55. The van der Waals surface area contributed by atoms with Gasteiger partial charge in [-0.15, -0.1) is 0 Å². The molecule has 0 aliphatic heterocycles. The van der Waals surface area contributed by atoms with Crippen LogP contribution in [0.15, 0.2) is 35.9 Å². The van der Waals surface area contributed by atoms with E-state index in [1.54, 1.807) is 0 Å². The number of rotatable bonds is 6. The standard InChI is InChI=1S/C27H38O2/c1-5-6-7-8-11-27(12-9-10-13-27)19-15-23(28)25(24(29)16-19)20-14-18(2)21-17-22(20)26(21,3)4/h8,11,14-16,20-22,28-29H,5-7,9-10,12-13,17H2,1-4H3/t20-,21+,22?/m1/s1. The van der Waals surface area contributed by atoms with E-state index >= 15 is 0 Å². The van der Waals surface area contributed by atoms with Gasteiger partial charge in [0, 0.05) is 16.9 Å². The molecule has 5 rings (SSSR count). The highest BCUT2D eigenvalue weighted by atomic mass is 16.3. The minimum atomic E-state index is -0.0274. The first-order chi connectivity index (χ1) is 13.8. The van der Waals surface area contributed by atoms with E-state index in [9.17, 15) is 10.2 Å². The van der Waals surface area contributed by atoms with Gasteiger partial charge in [0.2, 0.25) is 0 Å². The van der Waals surface area contributed by atoms with Crippen molar-refractivity contribution >= 4 is 0 Å². The fourth-order valence-corrected chi connectivity index (χ4v) is 6.58. The van der Waals surface area contributed by atoms with Crippen LogP contribution >= 0.6 is 0 Å². The Morgan fingerprint density at radius 1 is 1.10 bits per heavy atom. The molecule has 0 heterocycles. The highest BCUT2D eigenvalue weighted by Crippen LogP contribution is 2.65. The summed E-state index contributed by atoms with van der Waals surface area (Å²) in [6.07, 6.45) is 16.3. The molecule has 158 valence electrons. The van der Waals surface area contributed by atoms with Crippen LogP contribution in [0.3, 0.4) is 0 Å². The van der Waals surface area contributed by atoms with E-state index in [0.29, 0.717) is 11.8 Å². The molecule has 2 nitrogen and oxygen atoms in total. The monoisotopic (exact) mass is 394 g/mol. The van der Waals surface area contributed by atoms with Crippen molar-refractivity contribution in [2.45, 2.75) is 90.4 Å².